The van der Waals surface area contributed by atoms with Crippen molar-refractivity contribution in [2.45, 2.75) is 37.8 Å². The van der Waals surface area contributed by atoms with E-state index in [2.05, 4.69) is 4.72 Å². The van der Waals surface area contributed by atoms with Gasteiger partial charge in [0.1, 0.15) is 0 Å². The fourth-order valence-corrected chi connectivity index (χ4v) is 2.42. The Balaban J connectivity index is 2.50. The minimum absolute atomic E-state index is 0.00604. The SMILES string of the molecule is CS(=O)(=O)NC1CCCCC1N. The molecule has 72 valence electrons. The molecular weight excluding hydrogens is 176 g/mol. The number of nitrogens with two attached hydrogens (primary N) is 1. The highest BCUT2D eigenvalue weighted by molar-refractivity contribution is 7.88. The molecule has 2 unspecified atom stereocenters. The molecule has 1 aliphatic carbocycles. The van der Waals surface area contributed by atoms with Gasteiger partial charge in [0.15, 0.2) is 0 Å². The summed E-state index contributed by atoms with van der Waals surface area (Å²) in [4.78, 5) is 0. The molecule has 0 aromatic carbocycles. The molecular formula is C7H16N2O2S. The maximum Gasteiger partial charge on any atom is 0.209 e. The van der Waals surface area contributed by atoms with E-state index in [9.17, 15) is 8.42 Å². The summed E-state index contributed by atoms with van der Waals surface area (Å²) in [7, 11) is -3.09. The van der Waals surface area contributed by atoms with Gasteiger partial charge >= 0.3 is 0 Å². The second-order valence-electron chi connectivity index (χ2n) is 3.44. The van der Waals surface area contributed by atoms with Crippen LogP contribution >= 0.6 is 0 Å². The molecule has 4 nitrogen and oxygen atoms in total. The first-order valence-electron chi connectivity index (χ1n) is 4.22. The van der Waals surface area contributed by atoms with Crippen LogP contribution in [0.3, 0.4) is 0 Å². The van der Waals surface area contributed by atoms with Crippen molar-refractivity contribution >= 4 is 10.0 Å². The van der Waals surface area contributed by atoms with Gasteiger partial charge in [-0.1, -0.05) is 12.8 Å². The first-order valence-corrected chi connectivity index (χ1v) is 6.11. The van der Waals surface area contributed by atoms with Gasteiger partial charge in [0, 0.05) is 12.1 Å². The Kier molecular flexibility index (Phi) is 3.09. The summed E-state index contributed by atoms with van der Waals surface area (Å²) >= 11 is 0. The van der Waals surface area contributed by atoms with Crippen LogP contribution in [0.4, 0.5) is 0 Å². The molecule has 1 saturated carbocycles. The van der Waals surface area contributed by atoms with Gasteiger partial charge in [-0.05, 0) is 12.8 Å². The smallest absolute Gasteiger partial charge is 0.209 e. The third kappa shape index (κ3) is 3.08. The summed E-state index contributed by atoms with van der Waals surface area (Å²) in [6, 6.07) is -0.0535. The van der Waals surface area contributed by atoms with Crippen LogP contribution in [0.25, 0.3) is 0 Å². The monoisotopic (exact) mass is 192 g/mol. The number of sulfonamides is 1. The van der Waals surface area contributed by atoms with Crippen LogP contribution < -0.4 is 10.5 Å². The summed E-state index contributed by atoms with van der Waals surface area (Å²) in [5.41, 5.74) is 5.76. The van der Waals surface area contributed by atoms with Crippen molar-refractivity contribution in [2.24, 2.45) is 5.73 Å². The predicted octanol–water partition coefficient (Wildman–Crippen LogP) is -0.195. The van der Waals surface area contributed by atoms with Crippen LogP contribution in [0, 0.1) is 0 Å². The van der Waals surface area contributed by atoms with Gasteiger partial charge in [0.05, 0.1) is 6.26 Å². The van der Waals surface area contributed by atoms with Crippen LogP contribution in [-0.4, -0.2) is 26.8 Å². The Bertz CT molecular complexity index is 238. The van der Waals surface area contributed by atoms with Gasteiger partial charge in [0.2, 0.25) is 10.0 Å². The predicted molar refractivity (Wildman–Crippen MR) is 48.2 cm³/mol. The van der Waals surface area contributed by atoms with Crippen LogP contribution in [0.15, 0.2) is 0 Å². The molecule has 0 spiro atoms. The number of nitrogens with one attached hydrogen (secondary N) is 1. The van der Waals surface area contributed by atoms with E-state index in [1.165, 1.54) is 6.26 Å². The highest BCUT2D eigenvalue weighted by Crippen LogP contribution is 2.17. The lowest BCUT2D eigenvalue weighted by atomic mass is 9.92. The normalized spacial score (nSPS) is 31.8. The highest BCUT2D eigenvalue weighted by atomic mass is 32.2. The van der Waals surface area contributed by atoms with E-state index >= 15 is 0 Å². The molecule has 0 radical (unpaired) electrons. The van der Waals surface area contributed by atoms with E-state index < -0.39 is 10.0 Å². The molecule has 0 aliphatic heterocycles. The summed E-state index contributed by atoms with van der Waals surface area (Å²) in [5, 5.41) is 0. The fourth-order valence-electron chi connectivity index (χ4n) is 1.58. The van der Waals surface area contributed by atoms with Gasteiger partial charge in [0.25, 0.3) is 0 Å². The Morgan fingerprint density at radius 1 is 1.33 bits per heavy atom. The third-order valence-corrected chi connectivity index (χ3v) is 2.92. The molecule has 0 amide bonds. The summed E-state index contributed by atoms with van der Waals surface area (Å²) in [5.74, 6) is 0. The molecule has 1 rings (SSSR count). The Hall–Kier alpha value is -0.130. The molecule has 0 aromatic rings. The van der Waals surface area contributed by atoms with E-state index in [1.54, 1.807) is 0 Å². The standard InChI is InChI=1S/C7H16N2O2S/c1-12(10,11)9-7-5-3-2-4-6(7)8/h6-7,9H,2-5,8H2,1H3. The van der Waals surface area contributed by atoms with Crippen molar-refractivity contribution in [3.8, 4) is 0 Å². The lowest BCUT2D eigenvalue weighted by Crippen LogP contribution is -2.48. The Morgan fingerprint density at radius 3 is 2.42 bits per heavy atom. The zero-order valence-corrected chi connectivity index (χ0v) is 8.10. The van der Waals surface area contributed by atoms with E-state index in [4.69, 9.17) is 5.73 Å². The molecule has 1 aliphatic rings. The quantitative estimate of drug-likeness (QED) is 0.636. The molecule has 1 fully saturated rings. The van der Waals surface area contributed by atoms with E-state index in [-0.39, 0.29) is 12.1 Å². The molecule has 0 bridgehead atoms. The molecule has 5 heteroatoms. The minimum atomic E-state index is -3.09. The van der Waals surface area contributed by atoms with Crippen LogP contribution in [-0.2, 0) is 10.0 Å². The van der Waals surface area contributed by atoms with Crippen molar-refractivity contribution in [2.75, 3.05) is 6.26 Å². The number of hydrogen-bond donors (Lipinski definition) is 2. The van der Waals surface area contributed by atoms with E-state index in [1.807, 2.05) is 0 Å². The Morgan fingerprint density at radius 2 is 1.92 bits per heavy atom. The number of rotatable bonds is 2. The van der Waals surface area contributed by atoms with Gasteiger partial charge < -0.3 is 5.73 Å². The minimum Gasteiger partial charge on any atom is -0.326 e. The summed E-state index contributed by atoms with van der Waals surface area (Å²) in [6.07, 6.45) is 5.15. The largest absolute Gasteiger partial charge is 0.326 e. The molecule has 2 atom stereocenters. The van der Waals surface area contributed by atoms with Crippen molar-refractivity contribution in [1.29, 1.82) is 0 Å². The lowest BCUT2D eigenvalue weighted by molar-refractivity contribution is 0.361. The fraction of sp³-hybridized carbons (Fsp3) is 1.00. The Labute approximate surface area is 73.6 Å². The van der Waals surface area contributed by atoms with Gasteiger partial charge in [-0.15, -0.1) is 0 Å². The van der Waals surface area contributed by atoms with E-state index in [0.29, 0.717) is 0 Å². The summed E-state index contributed by atoms with van der Waals surface area (Å²) < 4.78 is 24.3. The topological polar surface area (TPSA) is 72.2 Å². The molecule has 0 heterocycles. The van der Waals surface area contributed by atoms with E-state index in [0.717, 1.165) is 25.7 Å². The zero-order valence-electron chi connectivity index (χ0n) is 7.29. The average molecular weight is 192 g/mol. The highest BCUT2D eigenvalue weighted by Gasteiger charge is 2.23. The van der Waals surface area contributed by atoms with Gasteiger partial charge in [-0.3, -0.25) is 0 Å². The second kappa shape index (κ2) is 3.72. The van der Waals surface area contributed by atoms with Gasteiger partial charge in [-0.25, -0.2) is 13.1 Å². The van der Waals surface area contributed by atoms with Crippen LogP contribution in [0.1, 0.15) is 25.7 Å². The van der Waals surface area contributed by atoms with Crippen molar-refractivity contribution in [1.82, 2.24) is 4.72 Å². The molecule has 12 heavy (non-hydrogen) atoms. The molecule has 0 saturated heterocycles. The average Bonchev–Trinajstić information content (AvgIpc) is 1.91. The second-order valence-corrected chi connectivity index (χ2v) is 5.22. The van der Waals surface area contributed by atoms with Crippen molar-refractivity contribution < 1.29 is 8.42 Å². The third-order valence-electron chi connectivity index (χ3n) is 2.18. The lowest BCUT2D eigenvalue weighted by Gasteiger charge is -2.28. The zero-order chi connectivity index (χ0) is 9.19. The van der Waals surface area contributed by atoms with Crippen LogP contribution in [0.5, 0.6) is 0 Å². The van der Waals surface area contributed by atoms with Gasteiger partial charge in [-0.2, -0.15) is 0 Å². The van der Waals surface area contributed by atoms with Crippen molar-refractivity contribution in [3.63, 3.8) is 0 Å². The molecule has 0 aromatic heterocycles. The maximum atomic E-state index is 10.9. The van der Waals surface area contributed by atoms with Crippen molar-refractivity contribution in [3.05, 3.63) is 0 Å². The number of hydrogen-bond acceptors (Lipinski definition) is 3. The molecule has 3 N–H and O–H groups in total. The maximum absolute atomic E-state index is 10.9. The summed E-state index contributed by atoms with van der Waals surface area (Å²) in [6.45, 7) is 0. The van der Waals surface area contributed by atoms with Crippen LogP contribution in [0.2, 0.25) is 0 Å². The first-order chi connectivity index (χ1) is 5.49. The first kappa shape index (κ1) is 9.95.